The van der Waals surface area contributed by atoms with Gasteiger partial charge in [0.05, 0.1) is 18.0 Å². The second-order valence-corrected chi connectivity index (χ2v) is 16.8. The Morgan fingerprint density at radius 1 is 1.02 bits per heavy atom. The quantitative estimate of drug-likeness (QED) is 0.105. The van der Waals surface area contributed by atoms with Gasteiger partial charge in [-0.25, -0.2) is 4.79 Å². The van der Waals surface area contributed by atoms with E-state index in [0.717, 1.165) is 42.7 Å². The van der Waals surface area contributed by atoms with Crippen LogP contribution in [0.1, 0.15) is 65.8 Å². The fraction of sp³-hybridized carbons (Fsp3) is 0.455. The van der Waals surface area contributed by atoms with Gasteiger partial charge in [0.15, 0.2) is 17.6 Å². The maximum Gasteiger partial charge on any atom is 0.355 e. The summed E-state index contributed by atoms with van der Waals surface area (Å²) in [5.74, 6) is -6.60. The molecular weight excluding hydrogens is 776 g/mol. The second kappa shape index (κ2) is 15.3. The van der Waals surface area contributed by atoms with Gasteiger partial charge in [-0.05, 0) is 96.5 Å². The first-order chi connectivity index (χ1) is 28.8. The molecule has 60 heavy (non-hydrogen) atoms. The van der Waals surface area contributed by atoms with E-state index in [4.69, 9.17) is 9.47 Å². The predicted molar refractivity (Wildman–Crippen MR) is 217 cm³/mol. The molecule has 9 rings (SSSR count). The zero-order chi connectivity index (χ0) is 42.1. The number of rotatable bonds is 10. The zero-order valence-corrected chi connectivity index (χ0v) is 32.6. The molecule has 2 fully saturated rings. The van der Waals surface area contributed by atoms with E-state index in [1.165, 1.54) is 41.5 Å². The van der Waals surface area contributed by atoms with Crippen LogP contribution in [0.4, 0.5) is 11.4 Å². The van der Waals surface area contributed by atoms with Gasteiger partial charge >= 0.3 is 11.9 Å². The molecule has 16 nitrogen and oxygen atoms in total. The Bertz CT molecular complexity index is 2280. The Morgan fingerprint density at radius 3 is 2.60 bits per heavy atom. The third-order valence-electron chi connectivity index (χ3n) is 13.6. The fourth-order valence-electron chi connectivity index (χ4n) is 10.9. The summed E-state index contributed by atoms with van der Waals surface area (Å²) >= 11 is 0. The summed E-state index contributed by atoms with van der Waals surface area (Å²) in [4.78, 5) is 37.8. The van der Waals surface area contributed by atoms with Gasteiger partial charge < -0.3 is 55.6 Å². The molecule has 3 aromatic carbocycles. The smallest absolute Gasteiger partial charge is 0.355 e. The van der Waals surface area contributed by atoms with Gasteiger partial charge in [0, 0.05) is 53.9 Å². The van der Waals surface area contributed by atoms with E-state index >= 15 is 0 Å². The van der Waals surface area contributed by atoms with Gasteiger partial charge in [-0.2, -0.15) is 0 Å². The minimum Gasteiger partial charge on any atom is -0.508 e. The summed E-state index contributed by atoms with van der Waals surface area (Å²) in [5, 5.41) is 89.6. The second-order valence-electron chi connectivity index (χ2n) is 16.8. The lowest BCUT2D eigenvalue weighted by atomic mass is 9.48. The SMILES string of the molecule is O=C(O)C1C(CC23c4c5cccc4NCC2CCCC3CC5)c2cc(O)c(OC3(O)OC(CO)C(O)C(O)C3O)cc2N1C(=O)C=Cc1ccc(O)c(CC2=NCN=C2)c1. The molecule has 2 aliphatic carbocycles. The third-order valence-corrected chi connectivity index (χ3v) is 13.6. The normalized spacial score (nSPS) is 32.6. The lowest BCUT2D eigenvalue weighted by Gasteiger charge is -2.57. The van der Waals surface area contributed by atoms with Gasteiger partial charge in [-0.1, -0.05) is 24.6 Å². The van der Waals surface area contributed by atoms with E-state index in [-0.39, 0.29) is 23.3 Å². The number of aliphatic hydroxyl groups is 5. The first-order valence-electron chi connectivity index (χ1n) is 20.4. The van der Waals surface area contributed by atoms with Crippen molar-refractivity contribution in [2.24, 2.45) is 21.8 Å². The van der Waals surface area contributed by atoms with Crippen LogP contribution in [-0.4, -0.2) is 121 Å². The molecule has 0 spiro atoms. The number of aromatic hydroxyl groups is 2. The number of benzene rings is 3. The maximum atomic E-state index is 14.6. The number of carboxylic acid groups (broad SMARTS) is 1. The molecule has 1 saturated heterocycles. The molecule has 4 heterocycles. The summed E-state index contributed by atoms with van der Waals surface area (Å²) in [5.41, 5.74) is 5.19. The Balaban J connectivity index is 1.14. The summed E-state index contributed by atoms with van der Waals surface area (Å²) in [6.45, 7) is 0.143. The van der Waals surface area contributed by atoms with Crippen LogP contribution in [0.2, 0.25) is 0 Å². The highest BCUT2D eigenvalue weighted by Gasteiger charge is 2.59. The van der Waals surface area contributed by atoms with E-state index in [1.807, 2.05) is 6.07 Å². The molecule has 0 radical (unpaired) electrons. The molecule has 1 saturated carbocycles. The molecule has 10 unspecified atom stereocenters. The molecule has 4 aliphatic heterocycles. The standard InChI is InChI=1S/C44H48N4O12/c49-20-35-39(53)40(54)41(55)44(58,60-35)59-34-16-31-28(15-33(34)51)29(17-43-25-4-2-5-26(43)18-46-30-6-1-3-23(9-10-25)37(30)43)38(42(56)57)48(31)36(52)12-8-22-7-11-32(50)24(13-22)14-27-19-45-21-47-27/h1,3,6-8,11-13,15-16,19,25-26,29,35,38-41,46,49-51,53-55,58H,2,4-5,9-10,14,17-18,20-21H2,(H,56,57). The molecule has 1 amide bonds. The number of carbonyl (C=O) groups excluding carboxylic acids is 1. The number of carbonyl (C=O) groups is 2. The highest BCUT2D eigenvalue weighted by Crippen LogP contribution is 2.62. The van der Waals surface area contributed by atoms with Gasteiger partial charge in [0.1, 0.15) is 36.8 Å². The van der Waals surface area contributed by atoms with Crippen molar-refractivity contribution >= 4 is 41.3 Å². The maximum absolute atomic E-state index is 14.6. The number of aliphatic hydroxyl groups excluding tert-OH is 4. The fourth-order valence-corrected chi connectivity index (χ4v) is 10.9. The third kappa shape index (κ3) is 6.53. The molecule has 316 valence electrons. The number of aliphatic imine (C=N–C) groups is 2. The predicted octanol–water partition coefficient (Wildman–Crippen LogP) is 2.33. The number of hydrogen-bond donors (Lipinski definition) is 9. The van der Waals surface area contributed by atoms with Crippen molar-refractivity contribution < 1.29 is 59.9 Å². The van der Waals surface area contributed by atoms with Crippen LogP contribution in [0.15, 0.2) is 64.6 Å². The van der Waals surface area contributed by atoms with Crippen LogP contribution in [0.25, 0.3) is 6.08 Å². The molecule has 0 aromatic heterocycles. The van der Waals surface area contributed by atoms with Gasteiger partial charge in [0.25, 0.3) is 5.91 Å². The van der Waals surface area contributed by atoms with Crippen molar-refractivity contribution in [2.75, 3.05) is 30.0 Å². The lowest BCUT2D eigenvalue weighted by molar-refractivity contribution is -0.422. The zero-order valence-electron chi connectivity index (χ0n) is 32.6. The molecule has 10 atom stereocenters. The minimum atomic E-state index is -3.10. The molecule has 6 aliphatic rings. The number of aryl methyl sites for hydroxylation is 1. The van der Waals surface area contributed by atoms with Gasteiger partial charge in [0.2, 0.25) is 0 Å². The number of anilines is 2. The number of phenolic OH excluding ortho intramolecular Hbond substituents is 2. The average Bonchev–Trinajstić information content (AvgIpc) is 3.86. The Hall–Kier alpha value is -5.36. The molecule has 9 N–H and O–H groups in total. The van der Waals surface area contributed by atoms with Crippen molar-refractivity contribution in [3.05, 3.63) is 82.4 Å². The largest absolute Gasteiger partial charge is 0.508 e. The summed E-state index contributed by atoms with van der Waals surface area (Å²) < 4.78 is 11.0. The van der Waals surface area contributed by atoms with Gasteiger partial charge in [-0.3, -0.25) is 19.7 Å². The Labute approximate surface area is 344 Å². The van der Waals surface area contributed by atoms with Crippen molar-refractivity contribution in [3.63, 3.8) is 0 Å². The van der Waals surface area contributed by atoms with Crippen LogP contribution in [0.3, 0.4) is 0 Å². The molecule has 3 aromatic rings. The number of nitrogens with zero attached hydrogens (tertiary/aromatic N) is 3. The Kier molecular flexibility index (Phi) is 10.2. The lowest BCUT2D eigenvalue weighted by Crippen LogP contribution is -2.67. The van der Waals surface area contributed by atoms with Crippen LogP contribution < -0.4 is 15.0 Å². The van der Waals surface area contributed by atoms with E-state index in [1.54, 1.807) is 18.3 Å². The van der Waals surface area contributed by atoms with Crippen molar-refractivity contribution in [1.29, 1.82) is 0 Å². The summed E-state index contributed by atoms with van der Waals surface area (Å²) in [6.07, 6.45) is 2.09. The van der Waals surface area contributed by atoms with E-state index in [2.05, 4.69) is 27.4 Å². The van der Waals surface area contributed by atoms with Crippen LogP contribution >= 0.6 is 0 Å². The number of carboxylic acids is 1. The minimum absolute atomic E-state index is 0.0339. The van der Waals surface area contributed by atoms with E-state index in [9.17, 15) is 50.4 Å². The Morgan fingerprint density at radius 2 is 1.83 bits per heavy atom. The molecule has 16 heteroatoms. The highest BCUT2D eigenvalue weighted by atomic mass is 16.8. The number of aliphatic carboxylic acids is 1. The number of nitrogens with one attached hydrogen (secondary N) is 1. The van der Waals surface area contributed by atoms with E-state index < -0.39 is 77.7 Å². The van der Waals surface area contributed by atoms with Crippen LogP contribution in [0, 0.1) is 11.8 Å². The first-order valence-corrected chi connectivity index (χ1v) is 20.4. The van der Waals surface area contributed by atoms with Crippen LogP contribution in [-0.2, 0) is 32.6 Å². The van der Waals surface area contributed by atoms with Crippen LogP contribution in [0.5, 0.6) is 17.2 Å². The topological polar surface area (TPSA) is 254 Å². The van der Waals surface area contributed by atoms with Gasteiger partial charge in [-0.15, -0.1) is 0 Å². The first kappa shape index (κ1) is 40.1. The van der Waals surface area contributed by atoms with E-state index in [0.29, 0.717) is 48.5 Å². The number of phenols is 2. The van der Waals surface area contributed by atoms with Crippen molar-refractivity contribution in [1.82, 2.24) is 0 Å². The highest BCUT2D eigenvalue weighted by molar-refractivity contribution is 6.32. The number of fused-ring (bicyclic) bond motifs is 1. The monoisotopic (exact) mass is 824 g/mol. The number of ether oxygens (including phenoxy) is 2. The number of hydrogen-bond acceptors (Lipinski definition) is 14. The molecule has 0 bridgehead atoms. The number of amides is 1. The molecular formula is C44H48N4O12. The summed E-state index contributed by atoms with van der Waals surface area (Å²) in [7, 11) is 0. The van der Waals surface area contributed by atoms with Crippen molar-refractivity contribution in [2.45, 2.75) is 92.7 Å². The average molecular weight is 825 g/mol. The van der Waals surface area contributed by atoms with Crippen molar-refractivity contribution in [3.8, 4) is 17.2 Å². The summed E-state index contributed by atoms with van der Waals surface area (Å²) in [6, 6.07) is 12.1.